The first-order chi connectivity index (χ1) is 12.2. The van der Waals surface area contributed by atoms with Crippen LogP contribution in [-0.4, -0.2) is 20.2 Å². The number of aryl methyl sites for hydroxylation is 2. The third-order valence-corrected chi connectivity index (χ3v) is 5.04. The highest BCUT2D eigenvalue weighted by Gasteiger charge is 2.40. The van der Waals surface area contributed by atoms with Crippen molar-refractivity contribution in [2.24, 2.45) is 0 Å². The summed E-state index contributed by atoms with van der Waals surface area (Å²) in [6, 6.07) is 16.8. The monoisotopic (exact) mass is 333 g/mol. The fourth-order valence-electron chi connectivity index (χ4n) is 3.72. The van der Waals surface area contributed by atoms with Crippen molar-refractivity contribution in [1.82, 2.24) is 20.2 Å². The molecule has 1 heterocycles. The Morgan fingerprint density at radius 2 is 1.72 bits per heavy atom. The van der Waals surface area contributed by atoms with Crippen molar-refractivity contribution in [2.45, 2.75) is 45.1 Å². The van der Waals surface area contributed by atoms with Crippen LogP contribution in [0.15, 0.2) is 48.5 Å². The molecule has 1 aliphatic carbocycles. The minimum absolute atomic E-state index is 0.220. The van der Waals surface area contributed by atoms with Crippen LogP contribution in [0.2, 0.25) is 0 Å². The fourth-order valence-corrected chi connectivity index (χ4v) is 3.72. The Bertz CT molecular complexity index is 860. The normalized spacial score (nSPS) is 16.1. The van der Waals surface area contributed by atoms with E-state index in [4.69, 9.17) is 0 Å². The number of benzene rings is 2. The summed E-state index contributed by atoms with van der Waals surface area (Å²) in [6.45, 7) is 4.19. The maximum Gasteiger partial charge on any atom is 0.181 e. The largest absolute Gasteiger partial charge is 0.373 e. The molecule has 2 aromatic carbocycles. The molecule has 4 rings (SSSR count). The van der Waals surface area contributed by atoms with Gasteiger partial charge in [-0.3, -0.25) is 0 Å². The Morgan fingerprint density at radius 1 is 0.960 bits per heavy atom. The van der Waals surface area contributed by atoms with E-state index in [1.807, 2.05) is 10.7 Å². The molecule has 5 nitrogen and oxygen atoms in total. The van der Waals surface area contributed by atoms with E-state index in [1.165, 1.54) is 24.0 Å². The van der Waals surface area contributed by atoms with Crippen molar-refractivity contribution in [3.05, 3.63) is 65.5 Å². The number of rotatable bonds is 4. The zero-order valence-electron chi connectivity index (χ0n) is 14.7. The second kappa shape index (κ2) is 6.31. The van der Waals surface area contributed by atoms with Crippen LogP contribution in [0.4, 0.5) is 5.69 Å². The Hall–Kier alpha value is -2.69. The number of nitrogens with one attached hydrogen (secondary N) is 1. The van der Waals surface area contributed by atoms with Gasteiger partial charge in [-0.1, -0.05) is 42.7 Å². The Morgan fingerprint density at radius 3 is 2.44 bits per heavy atom. The highest BCUT2D eigenvalue weighted by atomic mass is 15.6. The molecule has 0 radical (unpaired) electrons. The third kappa shape index (κ3) is 3.02. The fraction of sp³-hybridized carbons (Fsp3) is 0.350. The van der Waals surface area contributed by atoms with E-state index >= 15 is 0 Å². The Labute approximate surface area is 148 Å². The highest BCUT2D eigenvalue weighted by molar-refractivity contribution is 5.48. The first kappa shape index (κ1) is 15.8. The van der Waals surface area contributed by atoms with Gasteiger partial charge in [-0.25, -0.2) is 0 Å². The van der Waals surface area contributed by atoms with Gasteiger partial charge >= 0.3 is 0 Å². The first-order valence-electron chi connectivity index (χ1n) is 8.87. The van der Waals surface area contributed by atoms with E-state index in [2.05, 4.69) is 77.2 Å². The summed E-state index contributed by atoms with van der Waals surface area (Å²) in [6.07, 6.45) is 4.43. The van der Waals surface area contributed by atoms with Crippen LogP contribution < -0.4 is 5.32 Å². The van der Waals surface area contributed by atoms with E-state index in [1.54, 1.807) is 0 Å². The van der Waals surface area contributed by atoms with Gasteiger partial charge in [0.25, 0.3) is 0 Å². The second-order valence-corrected chi connectivity index (χ2v) is 7.03. The van der Waals surface area contributed by atoms with Crippen molar-refractivity contribution in [2.75, 3.05) is 5.32 Å². The molecular formula is C20H23N5. The summed E-state index contributed by atoms with van der Waals surface area (Å²) in [5.74, 6) is 0.899. The van der Waals surface area contributed by atoms with Gasteiger partial charge in [0.15, 0.2) is 5.82 Å². The van der Waals surface area contributed by atoms with Crippen molar-refractivity contribution in [1.29, 1.82) is 0 Å². The number of hydrogen-bond donors (Lipinski definition) is 1. The van der Waals surface area contributed by atoms with E-state index in [0.717, 1.165) is 30.0 Å². The van der Waals surface area contributed by atoms with E-state index in [0.29, 0.717) is 0 Å². The molecule has 0 atom stereocenters. The molecular weight excluding hydrogens is 310 g/mol. The van der Waals surface area contributed by atoms with Crippen molar-refractivity contribution in [3.8, 4) is 5.69 Å². The molecule has 0 saturated heterocycles. The van der Waals surface area contributed by atoms with Gasteiger partial charge in [0.2, 0.25) is 0 Å². The van der Waals surface area contributed by atoms with Gasteiger partial charge in [-0.05, 0) is 66.9 Å². The SMILES string of the molecule is Cc1ccc(NC2(c3nnnn3-c3cccc(C)c3)CCCC2)cc1. The molecule has 0 amide bonds. The minimum Gasteiger partial charge on any atom is -0.373 e. The molecule has 0 aliphatic heterocycles. The van der Waals surface area contributed by atoms with Crippen molar-refractivity contribution >= 4 is 5.69 Å². The zero-order valence-corrected chi connectivity index (χ0v) is 14.7. The Kier molecular flexibility index (Phi) is 3.99. The molecule has 1 aliphatic rings. The number of nitrogens with zero attached hydrogens (tertiary/aromatic N) is 4. The lowest BCUT2D eigenvalue weighted by molar-refractivity contribution is 0.461. The minimum atomic E-state index is -0.220. The lowest BCUT2D eigenvalue weighted by Gasteiger charge is -2.30. The first-order valence-corrected chi connectivity index (χ1v) is 8.87. The van der Waals surface area contributed by atoms with E-state index < -0.39 is 0 Å². The zero-order chi connectivity index (χ0) is 17.3. The van der Waals surface area contributed by atoms with Crippen LogP contribution in [0.3, 0.4) is 0 Å². The lowest BCUT2D eigenvalue weighted by atomic mass is 9.95. The average Bonchev–Trinajstić information content (AvgIpc) is 3.27. The number of anilines is 1. The topological polar surface area (TPSA) is 55.6 Å². The van der Waals surface area contributed by atoms with Crippen LogP contribution in [-0.2, 0) is 5.54 Å². The van der Waals surface area contributed by atoms with Gasteiger partial charge in [0, 0.05) is 5.69 Å². The molecule has 1 aromatic heterocycles. The van der Waals surface area contributed by atoms with Gasteiger partial charge in [-0.2, -0.15) is 4.68 Å². The molecule has 25 heavy (non-hydrogen) atoms. The highest BCUT2D eigenvalue weighted by Crippen LogP contribution is 2.41. The van der Waals surface area contributed by atoms with Crippen LogP contribution >= 0.6 is 0 Å². The van der Waals surface area contributed by atoms with Gasteiger partial charge < -0.3 is 5.32 Å². The summed E-state index contributed by atoms with van der Waals surface area (Å²) >= 11 is 0. The standard InChI is InChI=1S/C20H23N5/c1-15-8-10-17(11-9-15)21-20(12-3-4-13-20)19-22-23-24-25(19)18-7-5-6-16(2)14-18/h5-11,14,21H,3-4,12-13H2,1-2H3. The van der Waals surface area contributed by atoms with Crippen LogP contribution in [0, 0.1) is 13.8 Å². The summed E-state index contributed by atoms with van der Waals surface area (Å²) in [7, 11) is 0. The lowest BCUT2D eigenvalue weighted by Crippen LogP contribution is -2.35. The van der Waals surface area contributed by atoms with Gasteiger partial charge in [-0.15, -0.1) is 5.10 Å². The van der Waals surface area contributed by atoms with Gasteiger partial charge in [0.1, 0.15) is 0 Å². The molecule has 128 valence electrons. The van der Waals surface area contributed by atoms with Gasteiger partial charge in [0.05, 0.1) is 11.2 Å². The molecule has 0 spiro atoms. The molecule has 1 fully saturated rings. The maximum absolute atomic E-state index is 4.43. The van der Waals surface area contributed by atoms with Crippen LogP contribution in [0.1, 0.15) is 42.6 Å². The number of aromatic nitrogens is 4. The quantitative estimate of drug-likeness (QED) is 0.779. The number of tetrazole rings is 1. The van der Waals surface area contributed by atoms with E-state index in [9.17, 15) is 0 Å². The smallest absolute Gasteiger partial charge is 0.181 e. The molecule has 5 heteroatoms. The summed E-state index contributed by atoms with van der Waals surface area (Å²) in [5.41, 5.74) is 4.37. The van der Waals surface area contributed by atoms with Crippen molar-refractivity contribution in [3.63, 3.8) is 0 Å². The summed E-state index contributed by atoms with van der Waals surface area (Å²) in [4.78, 5) is 0. The van der Waals surface area contributed by atoms with E-state index in [-0.39, 0.29) is 5.54 Å². The van der Waals surface area contributed by atoms with Crippen molar-refractivity contribution < 1.29 is 0 Å². The molecule has 1 N–H and O–H groups in total. The molecule has 0 bridgehead atoms. The Balaban J connectivity index is 1.75. The van der Waals surface area contributed by atoms with Crippen LogP contribution in [0.5, 0.6) is 0 Å². The maximum atomic E-state index is 4.43. The number of hydrogen-bond acceptors (Lipinski definition) is 4. The third-order valence-electron chi connectivity index (χ3n) is 5.04. The average molecular weight is 333 g/mol. The predicted molar refractivity (Wildman–Crippen MR) is 98.8 cm³/mol. The second-order valence-electron chi connectivity index (χ2n) is 7.03. The predicted octanol–water partition coefficient (Wildman–Crippen LogP) is 4.16. The molecule has 3 aromatic rings. The molecule has 0 unspecified atom stereocenters. The summed E-state index contributed by atoms with van der Waals surface area (Å²) in [5, 5.41) is 16.5. The summed E-state index contributed by atoms with van der Waals surface area (Å²) < 4.78 is 1.89. The molecule has 1 saturated carbocycles. The van der Waals surface area contributed by atoms with Crippen LogP contribution in [0.25, 0.3) is 5.69 Å².